The number of carbonyl (C=O) groups excluding carboxylic acids is 1. The van der Waals surface area contributed by atoms with Crippen LogP contribution in [0.3, 0.4) is 0 Å². The van der Waals surface area contributed by atoms with E-state index < -0.39 is 6.10 Å². The number of ether oxygens (including phenoxy) is 4. The highest BCUT2D eigenvalue weighted by molar-refractivity contribution is 6.03. The zero-order valence-electron chi connectivity index (χ0n) is 14.6. The summed E-state index contributed by atoms with van der Waals surface area (Å²) in [6.07, 6.45) is -0.353. The van der Waals surface area contributed by atoms with Crippen molar-refractivity contribution in [3.63, 3.8) is 0 Å². The fourth-order valence-corrected chi connectivity index (χ4v) is 3.00. The van der Waals surface area contributed by atoms with Crippen molar-refractivity contribution in [2.24, 2.45) is 0 Å². The number of phenolic OH excluding ortho intramolecular Hbond substituents is 1. The zero-order valence-corrected chi connectivity index (χ0v) is 14.6. The Labute approximate surface area is 145 Å². The summed E-state index contributed by atoms with van der Waals surface area (Å²) in [5, 5.41) is 10.3. The fraction of sp³-hybridized carbons (Fsp3) is 0.316. The lowest BCUT2D eigenvalue weighted by Crippen LogP contribution is -2.21. The summed E-state index contributed by atoms with van der Waals surface area (Å²) < 4.78 is 21.8. The molecule has 0 saturated carbocycles. The highest BCUT2D eigenvalue weighted by Gasteiger charge is 2.32. The molecule has 0 spiro atoms. The molecule has 132 valence electrons. The zero-order chi connectivity index (χ0) is 18.1. The topological polar surface area (TPSA) is 74.2 Å². The van der Waals surface area contributed by atoms with Gasteiger partial charge in [0.15, 0.2) is 17.3 Å². The largest absolute Gasteiger partial charge is 0.507 e. The Morgan fingerprint density at radius 3 is 2.36 bits per heavy atom. The smallest absolute Gasteiger partial charge is 0.174 e. The van der Waals surface area contributed by atoms with Crippen LogP contribution >= 0.6 is 0 Å². The number of benzene rings is 2. The van der Waals surface area contributed by atoms with Crippen LogP contribution in [0.5, 0.6) is 28.7 Å². The summed E-state index contributed by atoms with van der Waals surface area (Å²) >= 11 is 0. The van der Waals surface area contributed by atoms with Gasteiger partial charge in [0.2, 0.25) is 0 Å². The van der Waals surface area contributed by atoms with Gasteiger partial charge in [0.25, 0.3) is 0 Å². The Hall–Kier alpha value is -2.89. The highest BCUT2D eigenvalue weighted by atomic mass is 16.5. The van der Waals surface area contributed by atoms with E-state index >= 15 is 0 Å². The second-order valence-corrected chi connectivity index (χ2v) is 5.77. The molecular weight excluding hydrogens is 324 g/mol. The molecule has 2 aromatic carbocycles. The van der Waals surface area contributed by atoms with E-state index in [9.17, 15) is 9.90 Å². The summed E-state index contributed by atoms with van der Waals surface area (Å²) in [4.78, 5) is 12.6. The molecule has 3 rings (SSSR count). The van der Waals surface area contributed by atoms with Crippen LogP contribution in [0.2, 0.25) is 0 Å². The van der Waals surface area contributed by atoms with Crippen LogP contribution in [0, 0.1) is 6.92 Å². The van der Waals surface area contributed by atoms with E-state index in [2.05, 4.69) is 0 Å². The molecule has 1 aliphatic rings. The van der Waals surface area contributed by atoms with Gasteiger partial charge in [0, 0.05) is 11.6 Å². The van der Waals surface area contributed by atoms with Crippen molar-refractivity contribution in [2.45, 2.75) is 19.4 Å². The maximum absolute atomic E-state index is 12.6. The van der Waals surface area contributed by atoms with E-state index in [1.54, 1.807) is 39.3 Å². The molecule has 0 aliphatic carbocycles. The van der Waals surface area contributed by atoms with E-state index in [0.29, 0.717) is 28.6 Å². The van der Waals surface area contributed by atoms with Gasteiger partial charge in [-0.15, -0.1) is 0 Å². The van der Waals surface area contributed by atoms with Crippen molar-refractivity contribution in [1.29, 1.82) is 0 Å². The molecule has 0 amide bonds. The van der Waals surface area contributed by atoms with Gasteiger partial charge < -0.3 is 24.1 Å². The first-order valence-electron chi connectivity index (χ1n) is 7.82. The van der Waals surface area contributed by atoms with Gasteiger partial charge in [-0.3, -0.25) is 4.79 Å². The van der Waals surface area contributed by atoms with Crippen molar-refractivity contribution in [1.82, 2.24) is 0 Å². The fourth-order valence-electron chi connectivity index (χ4n) is 3.00. The first-order chi connectivity index (χ1) is 12.0. The molecule has 6 nitrogen and oxygen atoms in total. The SMILES string of the molecule is COc1ccc(C2CC(=O)c3c(cc(OC)c(C)c3O)O2)cc1OC. The molecule has 1 unspecified atom stereocenters. The Balaban J connectivity index is 2.02. The van der Waals surface area contributed by atoms with Crippen molar-refractivity contribution in [3.8, 4) is 28.7 Å². The van der Waals surface area contributed by atoms with E-state index in [-0.39, 0.29) is 23.5 Å². The van der Waals surface area contributed by atoms with Crippen molar-refractivity contribution < 1.29 is 28.8 Å². The van der Waals surface area contributed by atoms with Gasteiger partial charge in [-0.1, -0.05) is 6.07 Å². The third-order valence-corrected chi connectivity index (χ3v) is 4.39. The number of Topliss-reactive ketones (excluding diaryl/α,β-unsaturated/α-hetero) is 1. The standard InChI is InChI=1S/C19H20O6/c1-10-14(23-3)9-17-18(19(10)21)12(20)8-15(25-17)11-5-6-13(22-2)16(7-11)24-4/h5-7,9,15,21H,8H2,1-4H3. The molecule has 1 aliphatic heterocycles. The highest BCUT2D eigenvalue weighted by Crippen LogP contribution is 2.45. The Kier molecular flexibility index (Phi) is 4.44. The first-order valence-corrected chi connectivity index (χ1v) is 7.82. The van der Waals surface area contributed by atoms with Gasteiger partial charge in [0.05, 0.1) is 27.8 Å². The van der Waals surface area contributed by atoms with Gasteiger partial charge in [0.1, 0.15) is 28.9 Å². The number of ketones is 1. The molecule has 0 fully saturated rings. The number of aromatic hydroxyl groups is 1. The molecule has 25 heavy (non-hydrogen) atoms. The lowest BCUT2D eigenvalue weighted by molar-refractivity contribution is 0.0844. The molecule has 0 saturated heterocycles. The Morgan fingerprint density at radius 2 is 1.72 bits per heavy atom. The maximum atomic E-state index is 12.6. The van der Waals surface area contributed by atoms with Crippen molar-refractivity contribution in [3.05, 3.63) is 41.0 Å². The summed E-state index contributed by atoms with van der Waals surface area (Å²) in [6.45, 7) is 1.70. The lowest BCUT2D eigenvalue weighted by Gasteiger charge is -2.27. The van der Waals surface area contributed by atoms with Gasteiger partial charge in [-0.2, -0.15) is 0 Å². The molecular formula is C19H20O6. The van der Waals surface area contributed by atoms with Crippen LogP contribution in [-0.4, -0.2) is 32.2 Å². The average molecular weight is 344 g/mol. The van der Waals surface area contributed by atoms with E-state index in [1.165, 1.54) is 7.11 Å². The number of methoxy groups -OCH3 is 3. The summed E-state index contributed by atoms with van der Waals surface area (Å²) in [5.41, 5.74) is 1.51. The van der Waals surface area contributed by atoms with E-state index in [1.807, 2.05) is 6.07 Å². The molecule has 1 heterocycles. The molecule has 0 aromatic heterocycles. The van der Waals surface area contributed by atoms with Gasteiger partial charge >= 0.3 is 0 Å². The van der Waals surface area contributed by atoms with Gasteiger partial charge in [-0.25, -0.2) is 0 Å². The molecule has 6 heteroatoms. The average Bonchev–Trinajstić information content (AvgIpc) is 2.63. The minimum Gasteiger partial charge on any atom is -0.507 e. The van der Waals surface area contributed by atoms with Crippen LogP contribution in [0.25, 0.3) is 0 Å². The predicted molar refractivity (Wildman–Crippen MR) is 91.3 cm³/mol. The summed E-state index contributed by atoms with van der Waals surface area (Å²) in [7, 11) is 4.62. The normalized spacial score (nSPS) is 16.0. The number of hydrogen-bond acceptors (Lipinski definition) is 6. The minimum absolute atomic E-state index is 0.0925. The molecule has 1 atom stereocenters. The third kappa shape index (κ3) is 2.84. The van der Waals surface area contributed by atoms with Crippen LogP contribution in [0.1, 0.15) is 34.0 Å². The number of rotatable bonds is 4. The summed E-state index contributed by atoms with van der Waals surface area (Å²) in [5.74, 6) is 1.68. The van der Waals surface area contributed by atoms with E-state index in [0.717, 1.165) is 5.56 Å². The van der Waals surface area contributed by atoms with Crippen LogP contribution < -0.4 is 18.9 Å². The number of hydrogen-bond donors (Lipinski definition) is 1. The Morgan fingerprint density at radius 1 is 1.04 bits per heavy atom. The first kappa shape index (κ1) is 17.0. The van der Waals surface area contributed by atoms with Crippen molar-refractivity contribution in [2.75, 3.05) is 21.3 Å². The van der Waals surface area contributed by atoms with Gasteiger partial charge in [-0.05, 0) is 24.6 Å². The minimum atomic E-state index is -0.480. The molecule has 0 radical (unpaired) electrons. The van der Waals surface area contributed by atoms with Crippen LogP contribution in [0.15, 0.2) is 24.3 Å². The quantitative estimate of drug-likeness (QED) is 0.916. The second-order valence-electron chi connectivity index (χ2n) is 5.77. The number of fused-ring (bicyclic) bond motifs is 1. The molecule has 0 bridgehead atoms. The number of carbonyl (C=O) groups is 1. The third-order valence-electron chi connectivity index (χ3n) is 4.39. The molecule has 1 N–H and O–H groups in total. The van der Waals surface area contributed by atoms with Crippen LogP contribution in [0.4, 0.5) is 0 Å². The Bertz CT molecular complexity index is 827. The van der Waals surface area contributed by atoms with Crippen molar-refractivity contribution >= 4 is 5.78 Å². The molecule has 2 aromatic rings. The second kappa shape index (κ2) is 6.55. The van der Waals surface area contributed by atoms with Crippen LogP contribution in [-0.2, 0) is 0 Å². The maximum Gasteiger partial charge on any atom is 0.174 e. The monoisotopic (exact) mass is 344 g/mol. The summed E-state index contributed by atoms with van der Waals surface area (Å²) in [6, 6.07) is 7.02. The van der Waals surface area contributed by atoms with E-state index in [4.69, 9.17) is 18.9 Å². The lowest BCUT2D eigenvalue weighted by atomic mass is 9.94. The predicted octanol–water partition coefficient (Wildman–Crippen LogP) is 3.43. The number of phenols is 1.